The highest BCUT2D eigenvalue weighted by Crippen LogP contribution is 2.11. The molecular weight excluding hydrogens is 294 g/mol. The van der Waals surface area contributed by atoms with Crippen molar-refractivity contribution in [1.82, 2.24) is 5.32 Å². The summed E-state index contributed by atoms with van der Waals surface area (Å²) in [4.78, 5) is 12.0. The molecule has 0 heterocycles. The quantitative estimate of drug-likeness (QED) is 0.819. The van der Waals surface area contributed by atoms with Gasteiger partial charge in [-0.3, -0.25) is 4.79 Å². The first kappa shape index (κ1) is 15.2. The van der Waals surface area contributed by atoms with E-state index in [2.05, 4.69) is 39.4 Å². The zero-order chi connectivity index (χ0) is 13.5. The van der Waals surface area contributed by atoms with E-state index in [4.69, 9.17) is 4.74 Å². The fourth-order valence-electron chi connectivity index (χ4n) is 1.69. The van der Waals surface area contributed by atoms with Crippen LogP contribution in [0.5, 0.6) is 0 Å². The van der Waals surface area contributed by atoms with Crippen LogP contribution in [0.15, 0.2) is 18.2 Å². The molecule has 1 aromatic carbocycles. The largest absolute Gasteiger partial charge is 0.383 e. The number of hydrogen-bond donors (Lipinski definition) is 1. The smallest absolute Gasteiger partial charge is 0.224 e. The predicted molar refractivity (Wildman–Crippen MR) is 77.2 cm³/mol. The number of halogens is 1. The molecule has 3 nitrogen and oxygen atoms in total. The summed E-state index contributed by atoms with van der Waals surface area (Å²) in [5.41, 5.74) is 3.43. The summed E-state index contributed by atoms with van der Waals surface area (Å²) in [6.45, 7) is 5.23. The molecule has 100 valence electrons. The van der Waals surface area contributed by atoms with Crippen LogP contribution >= 0.6 is 15.9 Å². The third kappa shape index (κ3) is 5.19. The molecule has 0 bridgehead atoms. The zero-order valence-electron chi connectivity index (χ0n) is 11.1. The van der Waals surface area contributed by atoms with Crippen LogP contribution in [0, 0.1) is 13.8 Å². The second-order valence-electron chi connectivity index (χ2n) is 4.46. The van der Waals surface area contributed by atoms with E-state index in [1.165, 1.54) is 5.56 Å². The molecule has 1 aromatic rings. The van der Waals surface area contributed by atoms with Gasteiger partial charge in [0.05, 0.1) is 17.9 Å². The molecule has 0 aliphatic carbocycles. The third-order valence-corrected chi connectivity index (χ3v) is 3.31. The molecule has 0 saturated heterocycles. The number of nitrogens with one attached hydrogen (secondary N) is 1. The van der Waals surface area contributed by atoms with Crippen LogP contribution in [0.3, 0.4) is 0 Å². The average molecular weight is 314 g/mol. The summed E-state index contributed by atoms with van der Waals surface area (Å²) in [6.07, 6.45) is 0.431. The Bertz CT molecular complexity index is 407. The molecule has 0 aliphatic rings. The van der Waals surface area contributed by atoms with Crippen molar-refractivity contribution in [3.8, 4) is 0 Å². The Morgan fingerprint density at radius 1 is 1.44 bits per heavy atom. The molecule has 1 atom stereocenters. The van der Waals surface area contributed by atoms with Crippen LogP contribution in [-0.2, 0) is 16.0 Å². The minimum absolute atomic E-state index is 0.0456. The van der Waals surface area contributed by atoms with Gasteiger partial charge in [-0.2, -0.15) is 0 Å². The lowest BCUT2D eigenvalue weighted by Crippen LogP contribution is -2.32. The molecule has 0 radical (unpaired) electrons. The van der Waals surface area contributed by atoms with Crippen molar-refractivity contribution < 1.29 is 9.53 Å². The van der Waals surface area contributed by atoms with Gasteiger partial charge in [-0.1, -0.05) is 39.7 Å². The van der Waals surface area contributed by atoms with Gasteiger partial charge in [-0.25, -0.2) is 0 Å². The van der Waals surface area contributed by atoms with E-state index < -0.39 is 0 Å². The van der Waals surface area contributed by atoms with Crippen LogP contribution in [0.2, 0.25) is 0 Å². The second-order valence-corrected chi connectivity index (χ2v) is 5.76. The Morgan fingerprint density at radius 2 is 2.17 bits per heavy atom. The Labute approximate surface area is 117 Å². The number of carbonyl (C=O) groups excluding carboxylic acids is 1. The molecule has 1 N–H and O–H groups in total. The molecular formula is C14H20BrNO2. The maximum Gasteiger partial charge on any atom is 0.224 e. The van der Waals surface area contributed by atoms with Crippen molar-refractivity contribution in [1.29, 1.82) is 0 Å². The first-order valence-electron chi connectivity index (χ1n) is 5.98. The van der Waals surface area contributed by atoms with E-state index in [9.17, 15) is 4.79 Å². The molecule has 1 rings (SSSR count). The van der Waals surface area contributed by atoms with Crippen molar-refractivity contribution in [3.05, 3.63) is 34.9 Å². The normalized spacial score (nSPS) is 12.2. The van der Waals surface area contributed by atoms with E-state index in [0.29, 0.717) is 19.6 Å². The van der Waals surface area contributed by atoms with Crippen LogP contribution in [0.1, 0.15) is 16.7 Å². The van der Waals surface area contributed by atoms with E-state index in [-0.39, 0.29) is 10.7 Å². The van der Waals surface area contributed by atoms with E-state index in [1.54, 1.807) is 7.11 Å². The molecule has 0 spiro atoms. The monoisotopic (exact) mass is 313 g/mol. The molecule has 0 saturated carbocycles. The van der Waals surface area contributed by atoms with E-state index in [1.807, 2.05) is 13.8 Å². The predicted octanol–water partition coefficient (Wildman–Crippen LogP) is 2.37. The number of rotatable bonds is 6. The van der Waals surface area contributed by atoms with Gasteiger partial charge in [-0.05, 0) is 25.0 Å². The van der Waals surface area contributed by atoms with Gasteiger partial charge >= 0.3 is 0 Å². The second kappa shape index (κ2) is 7.54. The van der Waals surface area contributed by atoms with E-state index >= 15 is 0 Å². The lowest BCUT2D eigenvalue weighted by molar-refractivity contribution is -0.120. The molecule has 0 fully saturated rings. The molecule has 0 aliphatic heterocycles. The standard InChI is InChI=1S/C14H20BrNO2/c1-10-4-5-11(2)12(6-10)7-14(17)16-8-13(15)9-18-3/h4-6,13H,7-9H2,1-3H3,(H,16,17). The van der Waals surface area contributed by atoms with Crippen LogP contribution in [0.25, 0.3) is 0 Å². The minimum atomic E-state index is 0.0456. The number of amides is 1. The van der Waals surface area contributed by atoms with Crippen molar-refractivity contribution in [2.75, 3.05) is 20.3 Å². The SMILES string of the molecule is COCC(Br)CNC(=O)Cc1cc(C)ccc1C. The highest BCUT2D eigenvalue weighted by molar-refractivity contribution is 9.09. The van der Waals surface area contributed by atoms with Gasteiger partial charge in [0, 0.05) is 13.7 Å². The first-order chi connectivity index (χ1) is 8.52. The van der Waals surface area contributed by atoms with Crippen molar-refractivity contribution >= 4 is 21.8 Å². The maximum absolute atomic E-state index is 11.8. The van der Waals surface area contributed by atoms with Crippen molar-refractivity contribution in [3.63, 3.8) is 0 Å². The Balaban J connectivity index is 2.47. The minimum Gasteiger partial charge on any atom is -0.383 e. The summed E-state index contributed by atoms with van der Waals surface area (Å²) >= 11 is 3.44. The summed E-state index contributed by atoms with van der Waals surface area (Å²) in [5, 5.41) is 2.90. The number of benzene rings is 1. The summed E-state index contributed by atoms with van der Waals surface area (Å²) in [7, 11) is 1.65. The molecule has 0 aromatic heterocycles. The number of methoxy groups -OCH3 is 1. The van der Waals surface area contributed by atoms with Gasteiger partial charge in [-0.15, -0.1) is 0 Å². The van der Waals surface area contributed by atoms with Gasteiger partial charge < -0.3 is 10.1 Å². The van der Waals surface area contributed by atoms with Gasteiger partial charge in [0.2, 0.25) is 5.91 Å². The highest BCUT2D eigenvalue weighted by atomic mass is 79.9. The Kier molecular flexibility index (Phi) is 6.36. The van der Waals surface area contributed by atoms with Gasteiger partial charge in [0.1, 0.15) is 0 Å². The number of ether oxygens (including phenoxy) is 1. The van der Waals surface area contributed by atoms with Gasteiger partial charge in [0.25, 0.3) is 0 Å². The fraction of sp³-hybridized carbons (Fsp3) is 0.500. The fourth-order valence-corrected chi connectivity index (χ4v) is 2.12. The maximum atomic E-state index is 11.8. The topological polar surface area (TPSA) is 38.3 Å². The molecule has 4 heteroatoms. The lowest BCUT2D eigenvalue weighted by atomic mass is 10.0. The number of hydrogen-bond acceptors (Lipinski definition) is 2. The van der Waals surface area contributed by atoms with Crippen LogP contribution < -0.4 is 5.32 Å². The summed E-state index contributed by atoms with van der Waals surface area (Å²) in [5.74, 6) is 0.0456. The number of alkyl halides is 1. The van der Waals surface area contributed by atoms with Crippen molar-refractivity contribution in [2.24, 2.45) is 0 Å². The van der Waals surface area contributed by atoms with Crippen LogP contribution in [0.4, 0.5) is 0 Å². The number of carbonyl (C=O) groups is 1. The van der Waals surface area contributed by atoms with Crippen molar-refractivity contribution in [2.45, 2.75) is 25.1 Å². The molecule has 18 heavy (non-hydrogen) atoms. The Hall–Kier alpha value is -0.870. The Morgan fingerprint density at radius 3 is 2.83 bits per heavy atom. The third-order valence-electron chi connectivity index (χ3n) is 2.72. The summed E-state index contributed by atoms with van der Waals surface area (Å²) in [6, 6.07) is 6.18. The number of aryl methyl sites for hydroxylation is 2. The molecule has 1 unspecified atom stereocenters. The van der Waals surface area contributed by atoms with Crippen LogP contribution in [-0.4, -0.2) is 31.0 Å². The zero-order valence-corrected chi connectivity index (χ0v) is 12.7. The average Bonchev–Trinajstić information content (AvgIpc) is 2.32. The summed E-state index contributed by atoms with van der Waals surface area (Å²) < 4.78 is 4.99. The first-order valence-corrected chi connectivity index (χ1v) is 6.90. The lowest BCUT2D eigenvalue weighted by Gasteiger charge is -2.11. The van der Waals surface area contributed by atoms with Gasteiger partial charge in [0.15, 0.2) is 0 Å². The highest BCUT2D eigenvalue weighted by Gasteiger charge is 2.09. The van der Waals surface area contributed by atoms with E-state index in [0.717, 1.165) is 11.1 Å². The molecule has 1 amide bonds.